The van der Waals surface area contributed by atoms with Crippen LogP contribution in [0.5, 0.6) is 11.5 Å². The molecule has 0 saturated carbocycles. The maximum Gasteiger partial charge on any atom is 0.339 e. The van der Waals surface area contributed by atoms with Crippen molar-refractivity contribution in [2.75, 3.05) is 6.61 Å². The van der Waals surface area contributed by atoms with E-state index in [2.05, 4.69) is 20.9 Å². The third-order valence-corrected chi connectivity index (χ3v) is 5.77. The first-order valence-electron chi connectivity index (χ1n) is 8.64. The Morgan fingerprint density at radius 1 is 1.03 bits per heavy atom. The molecular weight excluding hydrogens is 478 g/mol. The van der Waals surface area contributed by atoms with E-state index in [9.17, 15) is 8.42 Å². The number of hydrogen-bond donors (Lipinski definition) is 0. The van der Waals surface area contributed by atoms with Gasteiger partial charge in [0.15, 0.2) is 5.75 Å². The molecule has 0 aromatic heterocycles. The van der Waals surface area contributed by atoms with Crippen LogP contribution in [0.15, 0.2) is 81.1 Å². The lowest BCUT2D eigenvalue weighted by molar-refractivity contribution is 0.340. The zero-order valence-electron chi connectivity index (χ0n) is 15.4. The van der Waals surface area contributed by atoms with Gasteiger partial charge in [0, 0.05) is 21.3 Å². The van der Waals surface area contributed by atoms with Gasteiger partial charge in [0.25, 0.3) is 0 Å². The number of aliphatic imine (C=N–C) groups is 1. The van der Waals surface area contributed by atoms with E-state index in [0.29, 0.717) is 22.9 Å². The molecule has 0 aliphatic rings. The second-order valence-electron chi connectivity index (χ2n) is 5.86. The van der Waals surface area contributed by atoms with E-state index >= 15 is 0 Å². The molecule has 0 aliphatic carbocycles. The van der Waals surface area contributed by atoms with Crippen molar-refractivity contribution in [1.29, 1.82) is 0 Å². The highest BCUT2D eigenvalue weighted by Crippen LogP contribution is 2.27. The molecule has 0 bridgehead atoms. The van der Waals surface area contributed by atoms with E-state index < -0.39 is 10.1 Å². The molecule has 3 aromatic carbocycles. The predicted octanol–water partition coefficient (Wildman–Crippen LogP) is 6.02. The normalized spacial score (nSPS) is 11.6. The monoisotopic (exact) mass is 493 g/mol. The van der Waals surface area contributed by atoms with Crippen molar-refractivity contribution >= 4 is 49.6 Å². The average Bonchev–Trinajstić information content (AvgIpc) is 2.70. The van der Waals surface area contributed by atoms with Crippen molar-refractivity contribution in [3.05, 3.63) is 81.8 Å². The largest absolute Gasteiger partial charge is 0.494 e. The third kappa shape index (κ3) is 5.82. The maximum atomic E-state index is 12.6. The van der Waals surface area contributed by atoms with E-state index in [1.54, 1.807) is 24.4 Å². The molecule has 0 saturated heterocycles. The summed E-state index contributed by atoms with van der Waals surface area (Å²) in [5.41, 5.74) is 1.20. The Bertz CT molecular complexity index is 1110. The minimum Gasteiger partial charge on any atom is -0.494 e. The number of nitrogens with zero attached hydrogens (tertiary/aromatic N) is 1. The van der Waals surface area contributed by atoms with Crippen LogP contribution in [0.1, 0.15) is 12.5 Å². The fourth-order valence-corrected chi connectivity index (χ4v) is 3.86. The van der Waals surface area contributed by atoms with Gasteiger partial charge >= 0.3 is 10.1 Å². The zero-order chi connectivity index (χ0) is 20.9. The number of ether oxygens (including phenoxy) is 1. The van der Waals surface area contributed by atoms with Gasteiger partial charge in [-0.15, -0.1) is 0 Å². The summed E-state index contributed by atoms with van der Waals surface area (Å²) in [6, 6.07) is 18.0. The molecular formula is C21H17BrClNO4S. The molecule has 0 atom stereocenters. The molecule has 0 aliphatic heterocycles. The number of benzene rings is 3. The summed E-state index contributed by atoms with van der Waals surface area (Å²) in [4.78, 5) is 4.41. The van der Waals surface area contributed by atoms with Crippen molar-refractivity contribution in [3.8, 4) is 11.5 Å². The molecule has 0 unspecified atom stereocenters. The number of hydrogen-bond acceptors (Lipinski definition) is 5. The SMILES string of the molecule is CCOc1ccc(N=Cc2cc(Br)ccc2OS(=O)(=O)c2ccc(Cl)cc2)cc1. The van der Waals surface area contributed by atoms with Crippen LogP contribution < -0.4 is 8.92 Å². The van der Waals surface area contributed by atoms with Crippen LogP contribution in [0.3, 0.4) is 0 Å². The van der Waals surface area contributed by atoms with Gasteiger partial charge in [0.1, 0.15) is 10.6 Å². The first kappa shape index (κ1) is 21.4. The molecule has 29 heavy (non-hydrogen) atoms. The lowest BCUT2D eigenvalue weighted by Crippen LogP contribution is -2.10. The van der Waals surface area contributed by atoms with Gasteiger partial charge in [-0.05, 0) is 73.7 Å². The summed E-state index contributed by atoms with van der Waals surface area (Å²) in [6.07, 6.45) is 1.55. The van der Waals surface area contributed by atoms with Crippen LogP contribution in [0.2, 0.25) is 5.02 Å². The van der Waals surface area contributed by atoms with Crippen LogP contribution in [-0.2, 0) is 10.1 Å². The van der Waals surface area contributed by atoms with Crippen LogP contribution in [-0.4, -0.2) is 21.2 Å². The van der Waals surface area contributed by atoms with Gasteiger partial charge in [-0.2, -0.15) is 8.42 Å². The van der Waals surface area contributed by atoms with Gasteiger partial charge in [0.05, 0.1) is 12.3 Å². The fourth-order valence-electron chi connectivity index (χ4n) is 2.40. The van der Waals surface area contributed by atoms with Crippen molar-refractivity contribution in [3.63, 3.8) is 0 Å². The number of halogens is 2. The topological polar surface area (TPSA) is 65.0 Å². The molecule has 0 radical (unpaired) electrons. The van der Waals surface area contributed by atoms with Gasteiger partial charge in [-0.25, -0.2) is 0 Å². The molecule has 0 amide bonds. The predicted molar refractivity (Wildman–Crippen MR) is 118 cm³/mol. The van der Waals surface area contributed by atoms with Gasteiger partial charge in [-0.1, -0.05) is 27.5 Å². The quantitative estimate of drug-likeness (QED) is 0.298. The second kappa shape index (κ2) is 9.43. The minimum absolute atomic E-state index is 0.0132. The summed E-state index contributed by atoms with van der Waals surface area (Å²) < 4.78 is 36.7. The highest BCUT2D eigenvalue weighted by atomic mass is 79.9. The second-order valence-corrected chi connectivity index (χ2v) is 8.76. The first-order valence-corrected chi connectivity index (χ1v) is 11.2. The Morgan fingerprint density at radius 3 is 2.38 bits per heavy atom. The van der Waals surface area contributed by atoms with Crippen LogP contribution in [0, 0.1) is 0 Å². The van der Waals surface area contributed by atoms with Crippen molar-refractivity contribution < 1.29 is 17.3 Å². The van der Waals surface area contributed by atoms with E-state index in [1.807, 2.05) is 31.2 Å². The molecule has 5 nitrogen and oxygen atoms in total. The van der Waals surface area contributed by atoms with Crippen LogP contribution in [0.25, 0.3) is 0 Å². The van der Waals surface area contributed by atoms with Gasteiger partial charge in [0.2, 0.25) is 0 Å². The lowest BCUT2D eigenvalue weighted by atomic mass is 10.2. The molecule has 3 aromatic rings. The summed E-state index contributed by atoms with van der Waals surface area (Å²) in [5.74, 6) is 0.921. The molecule has 0 heterocycles. The van der Waals surface area contributed by atoms with E-state index in [-0.39, 0.29) is 10.6 Å². The average molecular weight is 495 g/mol. The van der Waals surface area contributed by atoms with E-state index in [1.165, 1.54) is 24.3 Å². The first-order chi connectivity index (χ1) is 13.9. The molecule has 150 valence electrons. The lowest BCUT2D eigenvalue weighted by Gasteiger charge is -2.10. The number of rotatable bonds is 7. The van der Waals surface area contributed by atoms with Gasteiger partial charge in [-0.3, -0.25) is 4.99 Å². The molecule has 0 fully saturated rings. The molecule has 3 rings (SSSR count). The van der Waals surface area contributed by atoms with E-state index in [4.69, 9.17) is 20.5 Å². The molecule has 8 heteroatoms. The fraction of sp³-hybridized carbons (Fsp3) is 0.0952. The Balaban J connectivity index is 1.86. The summed E-state index contributed by atoms with van der Waals surface area (Å²) in [7, 11) is -4.01. The smallest absolute Gasteiger partial charge is 0.339 e. The Labute approximate surface area is 183 Å². The summed E-state index contributed by atoms with van der Waals surface area (Å²) >= 11 is 9.21. The van der Waals surface area contributed by atoms with Crippen molar-refractivity contribution in [2.45, 2.75) is 11.8 Å². The standard InChI is InChI=1S/C21H17BrClNO4S/c1-2-27-19-8-6-18(7-9-19)24-14-15-13-16(22)3-12-21(15)28-29(25,26)20-10-4-17(23)5-11-20/h3-14H,2H2,1H3. The Morgan fingerprint density at radius 2 is 1.72 bits per heavy atom. The van der Waals surface area contributed by atoms with E-state index in [0.717, 1.165) is 10.2 Å². The van der Waals surface area contributed by atoms with Gasteiger partial charge < -0.3 is 8.92 Å². The van der Waals surface area contributed by atoms with Crippen LogP contribution in [0.4, 0.5) is 5.69 Å². The van der Waals surface area contributed by atoms with Crippen molar-refractivity contribution in [1.82, 2.24) is 0 Å². The highest BCUT2D eigenvalue weighted by Gasteiger charge is 2.18. The molecule has 0 N–H and O–H groups in total. The van der Waals surface area contributed by atoms with Crippen LogP contribution >= 0.6 is 27.5 Å². The van der Waals surface area contributed by atoms with Crippen molar-refractivity contribution in [2.24, 2.45) is 4.99 Å². The highest BCUT2D eigenvalue weighted by molar-refractivity contribution is 9.10. The summed E-state index contributed by atoms with van der Waals surface area (Å²) in [6.45, 7) is 2.50. The Kier molecular flexibility index (Phi) is 6.95. The maximum absolute atomic E-state index is 12.6. The Hall–Kier alpha value is -2.35. The third-order valence-electron chi connectivity index (χ3n) is 3.77. The summed E-state index contributed by atoms with van der Waals surface area (Å²) in [5, 5.41) is 0.441. The zero-order valence-corrected chi connectivity index (χ0v) is 18.5. The minimum atomic E-state index is -4.01. The molecule has 0 spiro atoms.